The van der Waals surface area contributed by atoms with Crippen LogP contribution in [-0.2, 0) is 30.7 Å². The highest BCUT2D eigenvalue weighted by Gasteiger charge is 2.18. The predicted molar refractivity (Wildman–Crippen MR) is 206 cm³/mol. The number of aromatic nitrogens is 2. The first-order valence-corrected chi connectivity index (χ1v) is 18.8. The Labute approximate surface area is 291 Å². The molecule has 1 amide bonds. The third-order valence-electron chi connectivity index (χ3n) is 8.58. The van der Waals surface area contributed by atoms with Gasteiger partial charge in [-0.25, -0.2) is 9.97 Å². The highest BCUT2D eigenvalue weighted by Crippen LogP contribution is 2.43. The first-order valence-electron chi connectivity index (χ1n) is 17.0. The fourth-order valence-corrected chi connectivity index (χ4v) is 7.87. The van der Waals surface area contributed by atoms with Gasteiger partial charge in [-0.1, -0.05) is 58.4 Å². The molecular formula is C38H47N7OS2. The molecule has 0 fully saturated rings. The van der Waals surface area contributed by atoms with Crippen LogP contribution in [0.5, 0.6) is 0 Å². The van der Waals surface area contributed by atoms with Crippen molar-refractivity contribution in [1.29, 1.82) is 0 Å². The van der Waals surface area contributed by atoms with Crippen molar-refractivity contribution in [2.75, 3.05) is 22.5 Å². The molecule has 0 radical (unpaired) electrons. The average Bonchev–Trinajstić information content (AvgIpc) is 3.70. The summed E-state index contributed by atoms with van der Waals surface area (Å²) in [4.78, 5) is 22.7. The largest absolute Gasteiger partial charge is 0.378 e. The number of nitrogens with zero attached hydrogens (tertiary/aromatic N) is 2. The van der Waals surface area contributed by atoms with Crippen molar-refractivity contribution in [2.45, 2.75) is 78.9 Å². The molecule has 0 bridgehead atoms. The van der Waals surface area contributed by atoms with Gasteiger partial charge in [-0.15, -0.1) is 22.7 Å². The van der Waals surface area contributed by atoms with E-state index in [0.717, 1.165) is 85.7 Å². The molecule has 0 unspecified atom stereocenters. The van der Waals surface area contributed by atoms with Crippen molar-refractivity contribution < 1.29 is 4.79 Å². The minimum atomic E-state index is -0.566. The molecule has 2 heterocycles. The fourth-order valence-electron chi connectivity index (χ4n) is 6.38. The number of amides is 1. The zero-order valence-electron chi connectivity index (χ0n) is 28.4. The number of thiazole rings is 2. The van der Waals surface area contributed by atoms with Crippen molar-refractivity contribution in [3.63, 3.8) is 0 Å². The second-order valence-corrected chi connectivity index (χ2v) is 15.5. The van der Waals surface area contributed by atoms with Gasteiger partial charge in [0, 0.05) is 44.0 Å². The number of benzene rings is 4. The zero-order valence-corrected chi connectivity index (χ0v) is 30.0. The monoisotopic (exact) mass is 681 g/mol. The lowest BCUT2D eigenvalue weighted by Gasteiger charge is -2.20. The molecule has 6 aromatic rings. The maximum Gasteiger partial charge on any atom is 0.241 e. The maximum absolute atomic E-state index is 12.9. The van der Waals surface area contributed by atoms with Gasteiger partial charge in [0.25, 0.3) is 0 Å². The third kappa shape index (κ3) is 7.89. The van der Waals surface area contributed by atoms with Crippen LogP contribution in [0.15, 0.2) is 53.2 Å². The number of nitrogens with one attached hydrogen (secondary N) is 3. The van der Waals surface area contributed by atoms with E-state index in [1.165, 1.54) is 10.8 Å². The number of carbonyl (C=O) groups is 1. The SMILES string of the molecule is CC(C)Cc1csc(CNc2cc(NCc3nc(CC(C)C)cs3)c3ccc4cc(NC(=O)[C@@H](N)CCCCN)cc5ccc2c3c54)n1. The number of hydrogen-bond donors (Lipinski definition) is 5. The number of hydrogen-bond acceptors (Lipinski definition) is 9. The van der Waals surface area contributed by atoms with Crippen molar-refractivity contribution in [3.05, 3.63) is 74.6 Å². The minimum absolute atomic E-state index is 0.171. The summed E-state index contributed by atoms with van der Waals surface area (Å²) >= 11 is 3.42. The summed E-state index contributed by atoms with van der Waals surface area (Å²) in [6.45, 7) is 10.8. The standard InChI is InChI=1S/C38H47N7OS2/c1-22(2)13-27-20-47-34(43-27)18-41-32-17-33(42-19-35-44-28(21-48-35)14-23(3)4)30-11-9-25-16-26(45-38(46)31(40)7-5-6-12-39)15-24-8-10-29(32)37(30)36(24)25/h8-11,15-17,20-23,31,41-42H,5-7,12-14,18-19,39-40H2,1-4H3,(H,45,46)/t31-/m0/s1. The van der Waals surface area contributed by atoms with Gasteiger partial charge >= 0.3 is 0 Å². The van der Waals surface area contributed by atoms with E-state index in [4.69, 9.17) is 21.4 Å². The second kappa shape index (κ2) is 15.2. The second-order valence-electron chi connectivity index (χ2n) is 13.6. The lowest BCUT2D eigenvalue weighted by Crippen LogP contribution is -2.35. The Kier molecular flexibility index (Phi) is 10.8. The molecule has 252 valence electrons. The van der Waals surface area contributed by atoms with Crippen molar-refractivity contribution in [2.24, 2.45) is 23.3 Å². The van der Waals surface area contributed by atoms with Crippen LogP contribution < -0.4 is 27.4 Å². The smallest absolute Gasteiger partial charge is 0.241 e. The quantitative estimate of drug-likeness (QED) is 0.0511. The van der Waals surface area contributed by atoms with Crippen LogP contribution in [0.25, 0.3) is 32.3 Å². The highest BCUT2D eigenvalue weighted by molar-refractivity contribution is 7.09. The van der Waals surface area contributed by atoms with Gasteiger partial charge in [-0.2, -0.15) is 0 Å². The van der Waals surface area contributed by atoms with Crippen LogP contribution in [0.3, 0.4) is 0 Å². The van der Waals surface area contributed by atoms with Crippen LogP contribution in [0.4, 0.5) is 17.1 Å². The van der Waals surface area contributed by atoms with Crippen LogP contribution in [0.2, 0.25) is 0 Å². The Hall–Kier alpha value is -3.83. The van der Waals surface area contributed by atoms with Crippen LogP contribution >= 0.6 is 22.7 Å². The van der Waals surface area contributed by atoms with E-state index in [1.54, 1.807) is 22.7 Å². The van der Waals surface area contributed by atoms with Gasteiger partial charge in [-0.3, -0.25) is 4.79 Å². The average molecular weight is 682 g/mol. The summed E-state index contributed by atoms with van der Waals surface area (Å²) in [5, 5.41) is 23.8. The van der Waals surface area contributed by atoms with Crippen LogP contribution in [0.1, 0.15) is 68.4 Å². The van der Waals surface area contributed by atoms with E-state index >= 15 is 0 Å². The first-order chi connectivity index (χ1) is 23.2. The van der Waals surface area contributed by atoms with Crippen molar-refractivity contribution >= 4 is 78.0 Å². The first kappa shape index (κ1) is 34.0. The molecule has 0 aliphatic rings. The van der Waals surface area contributed by atoms with Crippen LogP contribution in [-0.4, -0.2) is 28.5 Å². The van der Waals surface area contributed by atoms with Crippen molar-refractivity contribution in [3.8, 4) is 0 Å². The van der Waals surface area contributed by atoms with Gasteiger partial charge in [0.1, 0.15) is 10.0 Å². The molecular weight excluding hydrogens is 635 g/mol. The lowest BCUT2D eigenvalue weighted by molar-refractivity contribution is -0.117. The summed E-state index contributed by atoms with van der Waals surface area (Å²) in [6, 6.07) is 14.4. The Bertz CT molecular complexity index is 1880. The van der Waals surface area contributed by atoms with Gasteiger partial charge in [-0.05, 0) is 78.4 Å². The van der Waals surface area contributed by atoms with E-state index < -0.39 is 6.04 Å². The number of rotatable bonds is 16. The van der Waals surface area contributed by atoms with E-state index in [-0.39, 0.29) is 5.91 Å². The number of carbonyl (C=O) groups excluding carboxylic acids is 1. The molecule has 0 aliphatic carbocycles. The van der Waals surface area contributed by atoms with Gasteiger partial charge in [0.2, 0.25) is 5.91 Å². The molecule has 0 spiro atoms. The molecule has 4 aromatic carbocycles. The molecule has 8 nitrogen and oxygen atoms in total. The number of unbranched alkanes of at least 4 members (excludes halogenated alkanes) is 1. The summed E-state index contributed by atoms with van der Waals surface area (Å²) in [5.74, 6) is 0.978. The molecule has 2 aromatic heterocycles. The van der Waals surface area contributed by atoms with Crippen LogP contribution in [0, 0.1) is 11.8 Å². The van der Waals surface area contributed by atoms with Gasteiger partial charge < -0.3 is 27.4 Å². The molecule has 7 N–H and O–H groups in total. The molecule has 0 saturated carbocycles. The van der Waals surface area contributed by atoms with Gasteiger partial charge in [0.15, 0.2) is 0 Å². The number of nitrogens with two attached hydrogens (primary N) is 2. The molecule has 48 heavy (non-hydrogen) atoms. The Morgan fingerprint density at radius 2 is 1.31 bits per heavy atom. The fraction of sp³-hybridized carbons (Fsp3) is 0.395. The summed E-state index contributed by atoms with van der Waals surface area (Å²) in [6.07, 6.45) is 4.29. The topological polar surface area (TPSA) is 131 Å². The molecule has 1 atom stereocenters. The summed E-state index contributed by atoms with van der Waals surface area (Å²) in [5.41, 5.74) is 17.0. The van der Waals surface area contributed by atoms with E-state index in [2.05, 4.69) is 96.9 Å². The molecule has 0 aliphatic heterocycles. The summed E-state index contributed by atoms with van der Waals surface area (Å²) in [7, 11) is 0. The number of anilines is 3. The zero-order chi connectivity index (χ0) is 33.8. The van der Waals surface area contributed by atoms with Gasteiger partial charge in [0.05, 0.1) is 30.5 Å². The summed E-state index contributed by atoms with van der Waals surface area (Å²) < 4.78 is 0. The highest BCUT2D eigenvalue weighted by atomic mass is 32.1. The molecule has 0 saturated heterocycles. The minimum Gasteiger partial charge on any atom is -0.378 e. The van der Waals surface area contributed by atoms with E-state index in [0.29, 0.717) is 37.9 Å². The maximum atomic E-state index is 12.9. The molecule has 6 rings (SSSR count). The molecule has 10 heteroatoms. The third-order valence-corrected chi connectivity index (χ3v) is 10.4. The normalized spacial score (nSPS) is 12.6. The Morgan fingerprint density at radius 1 is 0.771 bits per heavy atom. The Balaban J connectivity index is 1.35. The predicted octanol–water partition coefficient (Wildman–Crippen LogP) is 8.51. The Morgan fingerprint density at radius 3 is 1.81 bits per heavy atom. The van der Waals surface area contributed by atoms with E-state index in [1.807, 2.05) is 0 Å². The van der Waals surface area contributed by atoms with Crippen molar-refractivity contribution in [1.82, 2.24) is 9.97 Å². The lowest BCUT2D eigenvalue weighted by atomic mass is 9.92. The van der Waals surface area contributed by atoms with E-state index in [9.17, 15) is 4.79 Å².